The molecule has 0 aliphatic heterocycles. The van der Waals surface area contributed by atoms with Gasteiger partial charge in [0.25, 0.3) is 0 Å². The van der Waals surface area contributed by atoms with Gasteiger partial charge in [-0.15, -0.1) is 11.8 Å². The predicted molar refractivity (Wildman–Crippen MR) is 105 cm³/mol. The first kappa shape index (κ1) is 17.8. The Hall–Kier alpha value is -2.04. The molecule has 0 radical (unpaired) electrons. The Morgan fingerprint density at radius 1 is 1.08 bits per heavy atom. The molecule has 1 N–H and O–H groups in total. The Kier molecular flexibility index (Phi) is 5.95. The molecule has 4 heteroatoms. The minimum atomic E-state index is -0.280. The molecule has 3 nitrogen and oxygen atoms in total. The molecule has 0 atom stereocenters. The Bertz CT molecular complexity index is 903. The molecule has 0 saturated heterocycles. The average molecular weight is 353 g/mol. The molecule has 0 amide bonds. The van der Waals surface area contributed by atoms with E-state index in [0.29, 0.717) is 12.1 Å². The van der Waals surface area contributed by atoms with Crippen LogP contribution in [0.15, 0.2) is 62.6 Å². The van der Waals surface area contributed by atoms with Gasteiger partial charge in [0, 0.05) is 22.9 Å². The van der Waals surface area contributed by atoms with Crippen LogP contribution >= 0.6 is 11.8 Å². The third kappa shape index (κ3) is 4.53. The predicted octanol–water partition coefficient (Wildman–Crippen LogP) is 4.68. The first-order valence-corrected chi connectivity index (χ1v) is 9.55. The maximum atomic E-state index is 11.9. The van der Waals surface area contributed by atoms with Crippen molar-refractivity contribution in [2.75, 3.05) is 12.3 Å². The van der Waals surface area contributed by atoms with E-state index in [0.717, 1.165) is 40.8 Å². The molecule has 0 aliphatic rings. The molecule has 0 unspecified atom stereocenters. The van der Waals surface area contributed by atoms with E-state index in [1.54, 1.807) is 6.07 Å². The van der Waals surface area contributed by atoms with Crippen molar-refractivity contribution in [1.82, 2.24) is 5.32 Å². The molecule has 3 rings (SSSR count). The zero-order valence-corrected chi connectivity index (χ0v) is 15.5. The fraction of sp³-hybridized carbons (Fsp3) is 0.286. The first-order chi connectivity index (χ1) is 12.1. The van der Waals surface area contributed by atoms with Gasteiger partial charge in [0.15, 0.2) is 0 Å². The van der Waals surface area contributed by atoms with Crippen LogP contribution in [0.1, 0.15) is 23.1 Å². The fourth-order valence-corrected chi connectivity index (χ4v) is 3.67. The highest BCUT2D eigenvalue weighted by molar-refractivity contribution is 7.99. The molecule has 3 aromatic rings. The van der Waals surface area contributed by atoms with Crippen molar-refractivity contribution in [3.63, 3.8) is 0 Å². The Morgan fingerprint density at radius 3 is 2.68 bits per heavy atom. The minimum absolute atomic E-state index is 0.280. The van der Waals surface area contributed by atoms with Gasteiger partial charge in [-0.05, 0) is 61.4 Å². The zero-order valence-electron chi connectivity index (χ0n) is 14.7. The van der Waals surface area contributed by atoms with Crippen LogP contribution in [0.5, 0.6) is 0 Å². The molecule has 1 heterocycles. The highest BCUT2D eigenvalue weighted by Gasteiger charge is 2.09. The second kappa shape index (κ2) is 8.37. The third-order valence-electron chi connectivity index (χ3n) is 4.34. The lowest BCUT2D eigenvalue weighted by molar-refractivity contribution is 0.554. The standard InChI is InChI=1S/C21H23NO2S/c1-15-9-10-19-17(13-20(23)24-21(19)16(15)2)14-22-11-6-12-25-18-7-4-3-5-8-18/h3-5,7-10,13,22H,6,11-12,14H2,1-2H3. The van der Waals surface area contributed by atoms with E-state index < -0.39 is 0 Å². The highest BCUT2D eigenvalue weighted by atomic mass is 32.2. The molecular weight excluding hydrogens is 330 g/mol. The summed E-state index contributed by atoms with van der Waals surface area (Å²) >= 11 is 1.87. The van der Waals surface area contributed by atoms with Crippen molar-refractivity contribution in [3.8, 4) is 0 Å². The summed E-state index contributed by atoms with van der Waals surface area (Å²) in [5.74, 6) is 1.08. The van der Waals surface area contributed by atoms with Gasteiger partial charge in [-0.1, -0.05) is 30.3 Å². The number of nitrogens with one attached hydrogen (secondary N) is 1. The molecule has 0 saturated carbocycles. The quantitative estimate of drug-likeness (QED) is 0.380. The van der Waals surface area contributed by atoms with E-state index in [1.165, 1.54) is 4.90 Å². The van der Waals surface area contributed by atoms with E-state index >= 15 is 0 Å². The normalized spacial score (nSPS) is 11.1. The van der Waals surface area contributed by atoms with Crippen molar-refractivity contribution >= 4 is 22.7 Å². The van der Waals surface area contributed by atoms with Gasteiger partial charge in [0.1, 0.15) is 5.58 Å². The lowest BCUT2D eigenvalue weighted by Gasteiger charge is -2.10. The largest absolute Gasteiger partial charge is 0.422 e. The summed E-state index contributed by atoms with van der Waals surface area (Å²) in [7, 11) is 0. The number of hydrogen-bond donors (Lipinski definition) is 1. The summed E-state index contributed by atoms with van der Waals surface area (Å²) in [6.45, 7) is 5.63. The summed E-state index contributed by atoms with van der Waals surface area (Å²) in [5.41, 5.74) is 3.61. The van der Waals surface area contributed by atoms with Crippen LogP contribution in [0.2, 0.25) is 0 Å². The number of rotatable bonds is 7. The molecular formula is C21H23NO2S. The van der Waals surface area contributed by atoms with Crippen molar-refractivity contribution in [1.29, 1.82) is 0 Å². The van der Waals surface area contributed by atoms with Crippen molar-refractivity contribution < 1.29 is 4.42 Å². The van der Waals surface area contributed by atoms with Gasteiger partial charge >= 0.3 is 5.63 Å². The molecule has 0 fully saturated rings. The summed E-state index contributed by atoms with van der Waals surface area (Å²) in [6, 6.07) is 16.2. The maximum Gasteiger partial charge on any atom is 0.336 e. The lowest BCUT2D eigenvalue weighted by atomic mass is 10.0. The van der Waals surface area contributed by atoms with Crippen LogP contribution < -0.4 is 10.9 Å². The van der Waals surface area contributed by atoms with Crippen molar-refractivity contribution in [2.45, 2.75) is 31.7 Å². The van der Waals surface area contributed by atoms with Crippen molar-refractivity contribution in [3.05, 3.63) is 75.6 Å². The molecule has 2 aromatic carbocycles. The third-order valence-corrected chi connectivity index (χ3v) is 5.44. The molecule has 130 valence electrons. The maximum absolute atomic E-state index is 11.9. The van der Waals surface area contributed by atoms with Gasteiger partial charge in [0.2, 0.25) is 0 Å². The topological polar surface area (TPSA) is 42.2 Å². The molecule has 0 bridgehead atoms. The summed E-state index contributed by atoms with van der Waals surface area (Å²) in [4.78, 5) is 13.2. The van der Waals surface area contributed by atoms with Crippen LogP contribution in [-0.4, -0.2) is 12.3 Å². The molecule has 0 spiro atoms. The van der Waals surface area contributed by atoms with Crippen LogP contribution in [0.3, 0.4) is 0 Å². The van der Waals surface area contributed by atoms with E-state index in [9.17, 15) is 4.79 Å². The second-order valence-corrected chi connectivity index (χ2v) is 7.33. The molecule has 25 heavy (non-hydrogen) atoms. The minimum Gasteiger partial charge on any atom is -0.422 e. The number of hydrogen-bond acceptors (Lipinski definition) is 4. The number of fused-ring (bicyclic) bond motifs is 1. The zero-order chi connectivity index (χ0) is 17.6. The SMILES string of the molecule is Cc1ccc2c(CNCCCSc3ccccc3)cc(=O)oc2c1C. The van der Waals surface area contributed by atoms with Gasteiger partial charge in [-0.3, -0.25) is 0 Å². The number of aryl methyl sites for hydroxylation is 2. The summed E-state index contributed by atoms with van der Waals surface area (Å²) in [5, 5.41) is 4.47. The molecule has 0 aliphatic carbocycles. The lowest BCUT2D eigenvalue weighted by Crippen LogP contribution is -2.17. The Balaban J connectivity index is 1.56. The summed E-state index contributed by atoms with van der Waals surface area (Å²) < 4.78 is 5.42. The van der Waals surface area contributed by atoms with Gasteiger partial charge in [0.05, 0.1) is 0 Å². The molecule has 1 aromatic heterocycles. The van der Waals surface area contributed by atoms with Crippen LogP contribution in [0.4, 0.5) is 0 Å². The average Bonchev–Trinajstić information content (AvgIpc) is 2.62. The van der Waals surface area contributed by atoms with Crippen LogP contribution in [0, 0.1) is 13.8 Å². The Labute approximate surface area is 152 Å². The van der Waals surface area contributed by atoms with E-state index in [4.69, 9.17) is 4.42 Å². The van der Waals surface area contributed by atoms with Crippen molar-refractivity contribution in [2.24, 2.45) is 0 Å². The number of benzene rings is 2. The summed E-state index contributed by atoms with van der Waals surface area (Å²) in [6.07, 6.45) is 1.08. The van der Waals surface area contributed by atoms with Gasteiger partial charge in [-0.25, -0.2) is 4.79 Å². The van der Waals surface area contributed by atoms with Gasteiger partial charge in [-0.2, -0.15) is 0 Å². The van der Waals surface area contributed by atoms with Crippen LogP contribution in [-0.2, 0) is 6.54 Å². The smallest absolute Gasteiger partial charge is 0.336 e. The Morgan fingerprint density at radius 2 is 1.88 bits per heavy atom. The van der Waals surface area contributed by atoms with E-state index in [-0.39, 0.29) is 5.63 Å². The van der Waals surface area contributed by atoms with Crippen LogP contribution in [0.25, 0.3) is 11.0 Å². The van der Waals surface area contributed by atoms with Gasteiger partial charge < -0.3 is 9.73 Å². The fourth-order valence-electron chi connectivity index (χ4n) is 2.80. The monoisotopic (exact) mass is 353 g/mol. The highest BCUT2D eigenvalue weighted by Crippen LogP contribution is 2.23. The first-order valence-electron chi connectivity index (χ1n) is 8.56. The number of thioether (sulfide) groups is 1. The van der Waals surface area contributed by atoms with E-state index in [2.05, 4.69) is 35.6 Å². The van der Waals surface area contributed by atoms with E-state index in [1.807, 2.05) is 37.7 Å². The second-order valence-electron chi connectivity index (χ2n) is 6.17.